The molecule has 1 N–H and O–H groups in total. The first kappa shape index (κ1) is 13.6. The van der Waals surface area contributed by atoms with E-state index >= 15 is 0 Å². The molecular formula is C13H12BrF2NS. The molecule has 0 amide bonds. The minimum absolute atomic E-state index is 0.522. The Bertz CT molecular complexity index is 507. The van der Waals surface area contributed by atoms with Crippen molar-refractivity contribution in [3.05, 3.63) is 56.2 Å². The van der Waals surface area contributed by atoms with E-state index in [1.165, 1.54) is 17.7 Å². The Morgan fingerprint density at radius 1 is 1.06 bits per heavy atom. The van der Waals surface area contributed by atoms with Crippen molar-refractivity contribution >= 4 is 27.3 Å². The third-order valence-corrected chi connectivity index (χ3v) is 4.02. The zero-order valence-electron chi connectivity index (χ0n) is 9.55. The second-order valence-electron chi connectivity index (χ2n) is 3.96. The molecule has 5 heteroatoms. The van der Waals surface area contributed by atoms with E-state index < -0.39 is 11.6 Å². The fraction of sp³-hybridized carbons (Fsp3) is 0.231. The number of benzene rings is 1. The van der Waals surface area contributed by atoms with Gasteiger partial charge >= 0.3 is 0 Å². The van der Waals surface area contributed by atoms with Gasteiger partial charge in [0.1, 0.15) is 11.6 Å². The van der Waals surface area contributed by atoms with Crippen LogP contribution < -0.4 is 5.32 Å². The van der Waals surface area contributed by atoms with Crippen molar-refractivity contribution in [3.63, 3.8) is 0 Å². The van der Waals surface area contributed by atoms with E-state index in [4.69, 9.17) is 0 Å². The van der Waals surface area contributed by atoms with Crippen molar-refractivity contribution in [1.29, 1.82) is 0 Å². The monoisotopic (exact) mass is 331 g/mol. The molecule has 0 saturated carbocycles. The van der Waals surface area contributed by atoms with Gasteiger partial charge in [0.25, 0.3) is 0 Å². The highest BCUT2D eigenvalue weighted by Gasteiger charge is 2.01. The minimum atomic E-state index is -0.522. The van der Waals surface area contributed by atoms with E-state index in [1.54, 1.807) is 11.3 Å². The fourth-order valence-electron chi connectivity index (χ4n) is 1.66. The largest absolute Gasteiger partial charge is 0.312 e. The molecule has 0 atom stereocenters. The molecule has 2 aromatic rings. The molecule has 0 bridgehead atoms. The van der Waals surface area contributed by atoms with Crippen LogP contribution in [0.4, 0.5) is 8.78 Å². The molecular weight excluding hydrogens is 320 g/mol. The molecule has 1 aromatic carbocycles. The Balaban J connectivity index is 1.78. The predicted octanol–water partition coefficient (Wildman–Crippen LogP) is 4.12. The highest BCUT2D eigenvalue weighted by molar-refractivity contribution is 9.11. The zero-order chi connectivity index (χ0) is 13.0. The maximum atomic E-state index is 12.9. The summed E-state index contributed by atoms with van der Waals surface area (Å²) in [5.41, 5.74) is 1.88. The van der Waals surface area contributed by atoms with Crippen molar-refractivity contribution in [2.45, 2.75) is 13.0 Å². The van der Waals surface area contributed by atoms with Gasteiger partial charge in [0, 0.05) is 12.6 Å². The average molecular weight is 332 g/mol. The molecule has 0 saturated heterocycles. The van der Waals surface area contributed by atoms with Crippen LogP contribution in [0.2, 0.25) is 0 Å². The fourth-order valence-corrected chi connectivity index (χ4v) is 2.87. The molecule has 0 aliphatic carbocycles. The highest BCUT2D eigenvalue weighted by Crippen LogP contribution is 2.20. The Labute approximate surface area is 117 Å². The van der Waals surface area contributed by atoms with E-state index in [-0.39, 0.29) is 0 Å². The SMILES string of the molecule is Fc1cc(F)cc(CCNCc2csc(Br)c2)c1. The molecule has 96 valence electrons. The molecule has 0 fully saturated rings. The van der Waals surface area contributed by atoms with Gasteiger partial charge in [-0.25, -0.2) is 8.78 Å². The first-order chi connectivity index (χ1) is 8.63. The van der Waals surface area contributed by atoms with Crippen LogP contribution in [0.25, 0.3) is 0 Å². The first-order valence-corrected chi connectivity index (χ1v) is 7.19. The van der Waals surface area contributed by atoms with Crippen molar-refractivity contribution in [2.24, 2.45) is 0 Å². The van der Waals surface area contributed by atoms with Crippen LogP contribution in [-0.2, 0) is 13.0 Å². The van der Waals surface area contributed by atoms with Gasteiger partial charge in [-0.2, -0.15) is 0 Å². The number of nitrogens with one attached hydrogen (secondary N) is 1. The van der Waals surface area contributed by atoms with Crippen LogP contribution in [0, 0.1) is 11.6 Å². The summed E-state index contributed by atoms with van der Waals surface area (Å²) in [7, 11) is 0. The van der Waals surface area contributed by atoms with Crippen molar-refractivity contribution in [1.82, 2.24) is 5.32 Å². The second-order valence-corrected chi connectivity index (χ2v) is 6.25. The van der Waals surface area contributed by atoms with Crippen LogP contribution in [0.15, 0.2) is 33.4 Å². The average Bonchev–Trinajstić information content (AvgIpc) is 2.69. The minimum Gasteiger partial charge on any atom is -0.312 e. The summed E-state index contributed by atoms with van der Waals surface area (Å²) >= 11 is 5.04. The zero-order valence-corrected chi connectivity index (χ0v) is 12.0. The lowest BCUT2D eigenvalue weighted by atomic mass is 10.1. The summed E-state index contributed by atoms with van der Waals surface area (Å²) in [5.74, 6) is -1.04. The van der Waals surface area contributed by atoms with Crippen LogP contribution in [0.1, 0.15) is 11.1 Å². The Morgan fingerprint density at radius 3 is 2.39 bits per heavy atom. The maximum absolute atomic E-state index is 12.9. The highest BCUT2D eigenvalue weighted by atomic mass is 79.9. The van der Waals surface area contributed by atoms with Crippen LogP contribution in [0.3, 0.4) is 0 Å². The van der Waals surface area contributed by atoms with Crippen molar-refractivity contribution in [2.75, 3.05) is 6.54 Å². The van der Waals surface area contributed by atoms with E-state index in [0.29, 0.717) is 18.5 Å². The topological polar surface area (TPSA) is 12.0 Å². The molecule has 0 spiro atoms. The summed E-state index contributed by atoms with van der Waals surface area (Å²) in [6.07, 6.45) is 0.611. The standard InChI is InChI=1S/C13H12BrF2NS/c14-13-5-10(8-18-13)7-17-2-1-9-3-11(15)6-12(16)4-9/h3-6,8,17H,1-2,7H2. The van der Waals surface area contributed by atoms with Crippen LogP contribution in [-0.4, -0.2) is 6.54 Å². The maximum Gasteiger partial charge on any atom is 0.126 e. The summed E-state index contributed by atoms with van der Waals surface area (Å²) in [4.78, 5) is 0. The number of thiophene rings is 1. The molecule has 0 aliphatic heterocycles. The lowest BCUT2D eigenvalue weighted by molar-refractivity contribution is 0.577. The van der Waals surface area contributed by atoms with Crippen molar-refractivity contribution < 1.29 is 8.78 Å². The molecule has 2 rings (SSSR count). The molecule has 1 heterocycles. The molecule has 18 heavy (non-hydrogen) atoms. The van der Waals surface area contributed by atoms with E-state index in [1.807, 2.05) is 0 Å². The molecule has 1 nitrogen and oxygen atoms in total. The number of hydrogen-bond acceptors (Lipinski definition) is 2. The van der Waals surface area contributed by atoms with Gasteiger partial charge < -0.3 is 5.32 Å². The molecule has 1 aromatic heterocycles. The molecule has 0 aliphatic rings. The molecule has 0 radical (unpaired) electrons. The predicted molar refractivity (Wildman–Crippen MR) is 73.8 cm³/mol. The van der Waals surface area contributed by atoms with Gasteiger partial charge in [-0.15, -0.1) is 11.3 Å². The van der Waals surface area contributed by atoms with Gasteiger partial charge in [0.2, 0.25) is 0 Å². The summed E-state index contributed by atoms with van der Waals surface area (Å²) < 4.78 is 27.0. The smallest absolute Gasteiger partial charge is 0.126 e. The Kier molecular flexibility index (Phi) is 4.86. The Morgan fingerprint density at radius 2 is 1.78 bits per heavy atom. The van der Waals surface area contributed by atoms with Gasteiger partial charge in [-0.1, -0.05) is 0 Å². The number of rotatable bonds is 5. The normalized spacial score (nSPS) is 10.8. The van der Waals surface area contributed by atoms with Crippen molar-refractivity contribution in [3.8, 4) is 0 Å². The summed E-state index contributed by atoms with van der Waals surface area (Å²) in [6.45, 7) is 1.45. The quantitative estimate of drug-likeness (QED) is 0.812. The Hall–Kier alpha value is -0.780. The third kappa shape index (κ3) is 4.15. The van der Waals surface area contributed by atoms with E-state index in [9.17, 15) is 8.78 Å². The molecule has 0 unspecified atom stereocenters. The third-order valence-electron chi connectivity index (χ3n) is 2.46. The lowest BCUT2D eigenvalue weighted by Crippen LogP contribution is -2.16. The first-order valence-electron chi connectivity index (χ1n) is 5.52. The lowest BCUT2D eigenvalue weighted by Gasteiger charge is -2.04. The van der Waals surface area contributed by atoms with Gasteiger partial charge in [0.15, 0.2) is 0 Å². The number of halogens is 3. The van der Waals surface area contributed by atoms with Gasteiger partial charge in [0.05, 0.1) is 3.79 Å². The van der Waals surface area contributed by atoms with Crippen LogP contribution in [0.5, 0.6) is 0 Å². The number of hydrogen-bond donors (Lipinski definition) is 1. The van der Waals surface area contributed by atoms with Gasteiger partial charge in [-0.05, 0) is 63.6 Å². The van der Waals surface area contributed by atoms with Gasteiger partial charge in [-0.3, -0.25) is 0 Å². The summed E-state index contributed by atoms with van der Waals surface area (Å²) in [6, 6.07) is 5.68. The second kappa shape index (κ2) is 6.41. The van der Waals surface area contributed by atoms with E-state index in [0.717, 1.165) is 16.4 Å². The van der Waals surface area contributed by atoms with Crippen LogP contribution >= 0.6 is 27.3 Å². The summed E-state index contributed by atoms with van der Waals surface area (Å²) in [5, 5.41) is 5.31. The van der Waals surface area contributed by atoms with E-state index in [2.05, 4.69) is 32.7 Å².